The highest BCUT2D eigenvalue weighted by atomic mass is 15.2. The summed E-state index contributed by atoms with van der Waals surface area (Å²) in [6, 6.07) is 11.3. The minimum absolute atomic E-state index is 0.352. The van der Waals surface area contributed by atoms with E-state index in [0.29, 0.717) is 12.1 Å². The maximum atomic E-state index is 5.99. The van der Waals surface area contributed by atoms with Gasteiger partial charge in [-0.05, 0) is 18.9 Å². The van der Waals surface area contributed by atoms with Crippen molar-refractivity contribution < 1.29 is 0 Å². The van der Waals surface area contributed by atoms with E-state index in [1.165, 1.54) is 5.56 Å². The number of hydrogen-bond acceptors (Lipinski definition) is 2. The van der Waals surface area contributed by atoms with Crippen molar-refractivity contribution in [2.24, 2.45) is 5.73 Å². The molecule has 1 aliphatic heterocycles. The molecule has 16 heavy (non-hydrogen) atoms. The molecule has 0 radical (unpaired) electrons. The average Bonchev–Trinajstić information content (AvgIpc) is 2.62. The highest BCUT2D eigenvalue weighted by Crippen LogP contribution is 2.15. The molecule has 1 saturated heterocycles. The zero-order valence-electron chi connectivity index (χ0n) is 9.84. The molecule has 1 fully saturated rings. The number of nitrogens with zero attached hydrogens (tertiary/aromatic N) is 1. The Kier molecular flexibility index (Phi) is 3.75. The van der Waals surface area contributed by atoms with E-state index in [2.05, 4.69) is 48.2 Å². The van der Waals surface area contributed by atoms with Crippen molar-refractivity contribution >= 4 is 6.08 Å². The lowest BCUT2D eigenvalue weighted by molar-refractivity contribution is 0.288. The Morgan fingerprint density at radius 1 is 1.38 bits per heavy atom. The number of hydrogen-bond donors (Lipinski definition) is 1. The van der Waals surface area contributed by atoms with Crippen LogP contribution in [0.1, 0.15) is 18.9 Å². The lowest BCUT2D eigenvalue weighted by atomic mass is 10.1. The van der Waals surface area contributed by atoms with Gasteiger partial charge in [0.1, 0.15) is 0 Å². The molecule has 2 N–H and O–H groups in total. The molecular weight excluding hydrogens is 196 g/mol. The van der Waals surface area contributed by atoms with Crippen LogP contribution in [0.5, 0.6) is 0 Å². The molecule has 2 nitrogen and oxygen atoms in total. The van der Waals surface area contributed by atoms with Gasteiger partial charge in [0.15, 0.2) is 0 Å². The Morgan fingerprint density at radius 2 is 2.12 bits per heavy atom. The van der Waals surface area contributed by atoms with Crippen molar-refractivity contribution in [3.05, 3.63) is 42.0 Å². The fraction of sp³-hybridized carbons (Fsp3) is 0.429. The molecular formula is C14H20N2. The SMILES string of the molecule is CC1C(N)CCN1C/C=C/c1ccccc1. The van der Waals surface area contributed by atoms with Crippen LogP contribution in [0.4, 0.5) is 0 Å². The van der Waals surface area contributed by atoms with Gasteiger partial charge in [-0.1, -0.05) is 42.5 Å². The van der Waals surface area contributed by atoms with Crippen molar-refractivity contribution in [2.75, 3.05) is 13.1 Å². The molecule has 0 spiro atoms. The number of likely N-dealkylation sites (tertiary alicyclic amines) is 1. The molecule has 1 heterocycles. The summed E-state index contributed by atoms with van der Waals surface area (Å²) in [6.45, 7) is 4.35. The average molecular weight is 216 g/mol. The third-order valence-electron chi connectivity index (χ3n) is 3.40. The minimum Gasteiger partial charge on any atom is -0.326 e. The van der Waals surface area contributed by atoms with Gasteiger partial charge in [0.25, 0.3) is 0 Å². The van der Waals surface area contributed by atoms with Gasteiger partial charge in [-0.25, -0.2) is 0 Å². The first-order chi connectivity index (χ1) is 7.77. The zero-order chi connectivity index (χ0) is 11.4. The summed E-state index contributed by atoms with van der Waals surface area (Å²) < 4.78 is 0. The first-order valence-electron chi connectivity index (χ1n) is 5.98. The summed E-state index contributed by atoms with van der Waals surface area (Å²) in [5, 5.41) is 0. The Bertz CT molecular complexity index is 345. The van der Waals surface area contributed by atoms with Crippen LogP contribution < -0.4 is 5.73 Å². The van der Waals surface area contributed by atoms with Crippen molar-refractivity contribution in [3.8, 4) is 0 Å². The van der Waals surface area contributed by atoms with Gasteiger partial charge in [-0.2, -0.15) is 0 Å². The molecule has 0 aromatic heterocycles. The Labute approximate surface area is 97.8 Å². The zero-order valence-corrected chi connectivity index (χ0v) is 9.84. The van der Waals surface area contributed by atoms with Crippen molar-refractivity contribution in [2.45, 2.75) is 25.4 Å². The van der Waals surface area contributed by atoms with Crippen LogP contribution in [0.2, 0.25) is 0 Å². The molecule has 1 aromatic carbocycles. The lowest BCUT2D eigenvalue weighted by Gasteiger charge is -2.20. The van der Waals surface area contributed by atoms with E-state index in [-0.39, 0.29) is 0 Å². The van der Waals surface area contributed by atoms with Gasteiger partial charge in [-0.3, -0.25) is 4.90 Å². The standard InChI is InChI=1S/C14H20N2/c1-12-14(15)9-11-16(12)10-5-8-13-6-3-2-4-7-13/h2-8,12,14H,9-11,15H2,1H3/b8-5+. The molecule has 2 rings (SSSR count). The maximum Gasteiger partial charge on any atom is 0.0222 e. The summed E-state index contributed by atoms with van der Waals surface area (Å²) in [5.41, 5.74) is 7.25. The van der Waals surface area contributed by atoms with Gasteiger partial charge >= 0.3 is 0 Å². The quantitative estimate of drug-likeness (QED) is 0.838. The van der Waals surface area contributed by atoms with Gasteiger partial charge in [0, 0.05) is 25.2 Å². The van der Waals surface area contributed by atoms with Gasteiger partial charge in [0.2, 0.25) is 0 Å². The molecule has 0 saturated carbocycles. The van der Waals surface area contributed by atoms with Crippen LogP contribution in [-0.4, -0.2) is 30.1 Å². The summed E-state index contributed by atoms with van der Waals surface area (Å²) >= 11 is 0. The monoisotopic (exact) mass is 216 g/mol. The van der Waals surface area contributed by atoms with E-state index in [1.807, 2.05) is 6.07 Å². The van der Waals surface area contributed by atoms with Crippen molar-refractivity contribution in [1.82, 2.24) is 4.90 Å². The molecule has 2 heteroatoms. The first-order valence-corrected chi connectivity index (χ1v) is 5.98. The van der Waals surface area contributed by atoms with Gasteiger partial charge in [-0.15, -0.1) is 0 Å². The number of rotatable bonds is 3. The fourth-order valence-corrected chi connectivity index (χ4v) is 2.18. The molecule has 1 aromatic rings. The predicted octanol–water partition coefficient (Wildman–Crippen LogP) is 2.12. The molecule has 1 aliphatic rings. The topological polar surface area (TPSA) is 29.3 Å². The maximum absolute atomic E-state index is 5.99. The third kappa shape index (κ3) is 2.71. The molecule has 2 atom stereocenters. The largest absolute Gasteiger partial charge is 0.326 e. The summed E-state index contributed by atoms with van der Waals surface area (Å²) in [4.78, 5) is 2.43. The van der Waals surface area contributed by atoms with E-state index in [1.54, 1.807) is 0 Å². The highest BCUT2D eigenvalue weighted by molar-refractivity contribution is 5.48. The number of nitrogens with two attached hydrogens (primary N) is 1. The summed E-state index contributed by atoms with van der Waals surface area (Å²) in [5.74, 6) is 0. The molecule has 0 bridgehead atoms. The number of benzene rings is 1. The smallest absolute Gasteiger partial charge is 0.0222 e. The van der Waals surface area contributed by atoms with Gasteiger partial charge < -0.3 is 5.73 Å². The lowest BCUT2D eigenvalue weighted by Crippen LogP contribution is -2.36. The van der Waals surface area contributed by atoms with E-state index in [0.717, 1.165) is 19.5 Å². The van der Waals surface area contributed by atoms with Crippen LogP contribution in [0, 0.1) is 0 Å². The van der Waals surface area contributed by atoms with Crippen molar-refractivity contribution in [1.29, 1.82) is 0 Å². The fourth-order valence-electron chi connectivity index (χ4n) is 2.18. The van der Waals surface area contributed by atoms with Crippen LogP contribution in [0.3, 0.4) is 0 Å². The van der Waals surface area contributed by atoms with Crippen LogP contribution in [0.15, 0.2) is 36.4 Å². The Morgan fingerprint density at radius 3 is 2.75 bits per heavy atom. The Balaban J connectivity index is 1.86. The van der Waals surface area contributed by atoms with E-state index >= 15 is 0 Å². The minimum atomic E-state index is 0.352. The Hall–Kier alpha value is -1.12. The van der Waals surface area contributed by atoms with E-state index in [9.17, 15) is 0 Å². The normalized spacial score (nSPS) is 26.6. The van der Waals surface area contributed by atoms with Crippen LogP contribution >= 0.6 is 0 Å². The summed E-state index contributed by atoms with van der Waals surface area (Å²) in [6.07, 6.45) is 5.53. The molecule has 2 unspecified atom stereocenters. The van der Waals surface area contributed by atoms with Gasteiger partial charge in [0.05, 0.1) is 0 Å². The second-order valence-corrected chi connectivity index (χ2v) is 4.50. The predicted molar refractivity (Wildman–Crippen MR) is 69.1 cm³/mol. The summed E-state index contributed by atoms with van der Waals surface area (Å²) in [7, 11) is 0. The second-order valence-electron chi connectivity index (χ2n) is 4.50. The van der Waals surface area contributed by atoms with E-state index in [4.69, 9.17) is 5.73 Å². The van der Waals surface area contributed by atoms with Crippen molar-refractivity contribution in [3.63, 3.8) is 0 Å². The molecule has 0 amide bonds. The van der Waals surface area contributed by atoms with E-state index < -0.39 is 0 Å². The van der Waals surface area contributed by atoms with Crippen LogP contribution in [-0.2, 0) is 0 Å². The molecule has 0 aliphatic carbocycles. The molecule has 86 valence electrons. The second kappa shape index (κ2) is 5.28. The van der Waals surface area contributed by atoms with Crippen LogP contribution in [0.25, 0.3) is 6.08 Å². The third-order valence-corrected chi connectivity index (χ3v) is 3.40. The highest BCUT2D eigenvalue weighted by Gasteiger charge is 2.26. The first kappa shape index (κ1) is 11.4.